The number of aromatic amines is 1. The molecule has 0 amide bonds. The first-order valence-electron chi connectivity index (χ1n) is 7.94. The average Bonchev–Trinajstić information content (AvgIpc) is 2.59. The van der Waals surface area contributed by atoms with Crippen molar-refractivity contribution in [1.82, 2.24) is 10.2 Å². The van der Waals surface area contributed by atoms with Crippen molar-refractivity contribution in [2.45, 2.75) is 25.8 Å². The Bertz CT molecular complexity index is 786. The standard InChI is InChI=1S/C17H20ClFN4O/c1-11-3-4-12(19)9-14(11)22(2)13-5-7-23(8-6-13)15-10-20-21-17(24)16(15)18/h3-4,9-10,13H,5-8H2,1-2H3,(H,21,24). The molecule has 1 aromatic heterocycles. The smallest absolute Gasteiger partial charge is 0.285 e. The highest BCUT2D eigenvalue weighted by molar-refractivity contribution is 6.32. The van der Waals surface area contributed by atoms with E-state index in [9.17, 15) is 9.18 Å². The minimum absolute atomic E-state index is 0.178. The number of benzene rings is 1. The molecule has 3 rings (SSSR count). The fourth-order valence-electron chi connectivity index (χ4n) is 3.25. The van der Waals surface area contributed by atoms with Crippen LogP contribution in [-0.4, -0.2) is 36.4 Å². The molecule has 5 nitrogen and oxygen atoms in total. The van der Waals surface area contributed by atoms with E-state index in [-0.39, 0.29) is 16.4 Å². The van der Waals surface area contributed by atoms with E-state index < -0.39 is 0 Å². The Morgan fingerprint density at radius 2 is 2.08 bits per heavy atom. The number of hydrogen-bond acceptors (Lipinski definition) is 4. The molecule has 2 aromatic rings. The summed E-state index contributed by atoms with van der Waals surface area (Å²) in [5.74, 6) is -0.221. The Morgan fingerprint density at radius 3 is 2.79 bits per heavy atom. The van der Waals surface area contributed by atoms with Gasteiger partial charge in [0.2, 0.25) is 0 Å². The van der Waals surface area contributed by atoms with Gasteiger partial charge in [0.1, 0.15) is 10.8 Å². The van der Waals surface area contributed by atoms with E-state index in [0.29, 0.717) is 11.7 Å². The second-order valence-corrected chi connectivity index (χ2v) is 6.54. The molecule has 0 unspecified atom stereocenters. The number of H-pyrrole nitrogens is 1. The minimum Gasteiger partial charge on any atom is -0.371 e. The largest absolute Gasteiger partial charge is 0.371 e. The lowest BCUT2D eigenvalue weighted by Crippen LogP contribution is -2.44. The molecule has 128 valence electrons. The molecule has 1 fully saturated rings. The van der Waals surface area contributed by atoms with Crippen LogP contribution >= 0.6 is 11.6 Å². The van der Waals surface area contributed by atoms with Crippen LogP contribution in [0.25, 0.3) is 0 Å². The van der Waals surface area contributed by atoms with Crippen molar-refractivity contribution in [1.29, 1.82) is 0 Å². The molecular formula is C17H20ClFN4O. The first-order valence-corrected chi connectivity index (χ1v) is 8.32. The third-order valence-corrected chi connectivity index (χ3v) is 5.05. The summed E-state index contributed by atoms with van der Waals surface area (Å²) in [5.41, 5.74) is 2.28. The maximum absolute atomic E-state index is 13.6. The molecule has 0 bridgehead atoms. The van der Waals surface area contributed by atoms with Crippen LogP contribution in [0.1, 0.15) is 18.4 Å². The molecule has 1 N–H and O–H groups in total. The zero-order chi connectivity index (χ0) is 17.3. The third kappa shape index (κ3) is 3.24. The maximum atomic E-state index is 13.6. The molecule has 0 atom stereocenters. The van der Waals surface area contributed by atoms with Crippen LogP contribution in [0.3, 0.4) is 0 Å². The van der Waals surface area contributed by atoms with Gasteiger partial charge >= 0.3 is 0 Å². The van der Waals surface area contributed by atoms with Gasteiger partial charge in [-0.3, -0.25) is 4.79 Å². The highest BCUT2D eigenvalue weighted by atomic mass is 35.5. The van der Waals surface area contributed by atoms with Gasteiger partial charge in [0.05, 0.1) is 11.9 Å². The van der Waals surface area contributed by atoms with E-state index in [1.807, 2.05) is 14.0 Å². The lowest BCUT2D eigenvalue weighted by molar-refractivity contribution is 0.481. The van der Waals surface area contributed by atoms with Crippen LogP contribution in [0, 0.1) is 12.7 Å². The van der Waals surface area contributed by atoms with Crippen molar-refractivity contribution in [2.75, 3.05) is 29.9 Å². The Morgan fingerprint density at radius 1 is 1.38 bits per heavy atom. The maximum Gasteiger partial charge on any atom is 0.285 e. The monoisotopic (exact) mass is 350 g/mol. The molecule has 0 radical (unpaired) electrons. The summed E-state index contributed by atoms with van der Waals surface area (Å²) in [7, 11) is 2.00. The van der Waals surface area contributed by atoms with E-state index in [2.05, 4.69) is 20.0 Å². The van der Waals surface area contributed by atoms with Gasteiger partial charge in [0, 0.05) is 31.9 Å². The number of piperidine rings is 1. The SMILES string of the molecule is Cc1ccc(F)cc1N(C)C1CCN(c2cn[nH]c(=O)c2Cl)CC1. The van der Waals surface area contributed by atoms with Gasteiger partial charge < -0.3 is 9.80 Å². The van der Waals surface area contributed by atoms with E-state index >= 15 is 0 Å². The highest BCUT2D eigenvalue weighted by Crippen LogP contribution is 2.29. The quantitative estimate of drug-likeness (QED) is 0.924. The topological polar surface area (TPSA) is 52.2 Å². The first kappa shape index (κ1) is 16.8. The van der Waals surface area contributed by atoms with Crippen LogP contribution < -0.4 is 15.4 Å². The number of aromatic nitrogens is 2. The van der Waals surface area contributed by atoms with Crippen LogP contribution in [0.5, 0.6) is 0 Å². The highest BCUT2D eigenvalue weighted by Gasteiger charge is 2.25. The van der Waals surface area contributed by atoms with Crippen molar-refractivity contribution < 1.29 is 4.39 Å². The fourth-order valence-corrected chi connectivity index (χ4v) is 3.46. The molecule has 1 aromatic carbocycles. The van der Waals surface area contributed by atoms with Crippen molar-refractivity contribution in [2.24, 2.45) is 0 Å². The first-order chi connectivity index (χ1) is 11.5. The van der Waals surface area contributed by atoms with Crippen LogP contribution in [0.2, 0.25) is 5.02 Å². The fraction of sp³-hybridized carbons (Fsp3) is 0.412. The van der Waals surface area contributed by atoms with Crippen molar-refractivity contribution in [3.63, 3.8) is 0 Å². The third-order valence-electron chi connectivity index (χ3n) is 4.68. The average molecular weight is 351 g/mol. The number of aryl methyl sites for hydroxylation is 1. The number of nitrogens with zero attached hydrogens (tertiary/aromatic N) is 3. The van der Waals surface area contributed by atoms with E-state index in [0.717, 1.165) is 37.2 Å². The molecule has 1 aliphatic heterocycles. The summed E-state index contributed by atoms with van der Waals surface area (Å²) in [6.45, 7) is 3.53. The normalized spacial score (nSPS) is 15.6. The van der Waals surface area contributed by atoms with Crippen LogP contribution in [-0.2, 0) is 0 Å². The molecule has 0 aliphatic carbocycles. The molecule has 1 aliphatic rings. The number of rotatable bonds is 3. The Hall–Kier alpha value is -2.08. The molecule has 24 heavy (non-hydrogen) atoms. The van der Waals surface area contributed by atoms with E-state index in [1.54, 1.807) is 18.3 Å². The summed E-state index contributed by atoms with van der Waals surface area (Å²) in [6.07, 6.45) is 3.38. The summed E-state index contributed by atoms with van der Waals surface area (Å²) in [6, 6.07) is 5.18. The number of anilines is 2. The van der Waals surface area contributed by atoms with Crippen molar-refractivity contribution >= 4 is 23.0 Å². The van der Waals surface area contributed by atoms with Gasteiger partial charge in [0.25, 0.3) is 5.56 Å². The van der Waals surface area contributed by atoms with Crippen molar-refractivity contribution in [3.8, 4) is 0 Å². The number of halogens is 2. The lowest BCUT2D eigenvalue weighted by Gasteiger charge is -2.39. The number of hydrogen-bond donors (Lipinski definition) is 1. The molecule has 7 heteroatoms. The molecule has 0 saturated carbocycles. The number of nitrogens with one attached hydrogen (secondary N) is 1. The van der Waals surface area contributed by atoms with Crippen molar-refractivity contribution in [3.05, 3.63) is 51.2 Å². The van der Waals surface area contributed by atoms with Gasteiger partial charge in [-0.15, -0.1) is 0 Å². The van der Waals surface area contributed by atoms with Crippen LogP contribution in [0.4, 0.5) is 15.8 Å². The van der Waals surface area contributed by atoms with Gasteiger partial charge in [-0.25, -0.2) is 9.49 Å². The molecule has 2 heterocycles. The zero-order valence-electron chi connectivity index (χ0n) is 13.7. The Balaban J connectivity index is 1.72. The second-order valence-electron chi connectivity index (χ2n) is 6.16. The van der Waals surface area contributed by atoms with Crippen LogP contribution in [0.15, 0.2) is 29.2 Å². The summed E-state index contributed by atoms with van der Waals surface area (Å²) in [4.78, 5) is 15.8. The van der Waals surface area contributed by atoms with E-state index in [4.69, 9.17) is 11.6 Å². The summed E-state index contributed by atoms with van der Waals surface area (Å²) < 4.78 is 13.6. The van der Waals surface area contributed by atoms with Gasteiger partial charge in [0.15, 0.2) is 0 Å². The molecule has 1 saturated heterocycles. The summed E-state index contributed by atoms with van der Waals surface area (Å²) >= 11 is 6.08. The zero-order valence-corrected chi connectivity index (χ0v) is 14.5. The predicted octanol–water partition coefficient (Wildman–Crippen LogP) is 2.98. The Labute approximate surface area is 145 Å². The lowest BCUT2D eigenvalue weighted by atomic mass is 10.0. The van der Waals surface area contributed by atoms with Gasteiger partial charge in [-0.2, -0.15) is 5.10 Å². The van der Waals surface area contributed by atoms with E-state index in [1.165, 1.54) is 6.07 Å². The predicted molar refractivity (Wildman–Crippen MR) is 94.6 cm³/mol. The second kappa shape index (κ2) is 6.81. The minimum atomic E-state index is -0.371. The van der Waals surface area contributed by atoms with Gasteiger partial charge in [-0.1, -0.05) is 17.7 Å². The Kier molecular flexibility index (Phi) is 4.76. The molecular weight excluding hydrogens is 331 g/mol. The summed E-state index contributed by atoms with van der Waals surface area (Å²) in [5, 5.41) is 6.34. The van der Waals surface area contributed by atoms with Gasteiger partial charge in [-0.05, 0) is 37.5 Å². The molecule has 0 spiro atoms.